The van der Waals surface area contributed by atoms with Crippen molar-refractivity contribution in [3.63, 3.8) is 0 Å². The molecule has 2 heteroatoms. The van der Waals surface area contributed by atoms with Gasteiger partial charge >= 0.3 is 0 Å². The molecule has 1 atom stereocenters. The third kappa shape index (κ3) is 2.02. The van der Waals surface area contributed by atoms with Crippen LogP contribution in [-0.4, -0.2) is 11.6 Å². The minimum Gasteiger partial charge on any atom is -0.454 e. The van der Waals surface area contributed by atoms with E-state index in [1.54, 1.807) is 0 Å². The van der Waals surface area contributed by atoms with E-state index in [4.69, 9.17) is 4.42 Å². The zero-order valence-electron chi connectivity index (χ0n) is 15.6. The second-order valence-corrected chi connectivity index (χ2v) is 8.73. The van der Waals surface area contributed by atoms with Crippen molar-refractivity contribution in [1.82, 2.24) is 0 Å². The van der Waals surface area contributed by atoms with Crippen LogP contribution in [0.2, 0.25) is 0 Å². The van der Waals surface area contributed by atoms with Gasteiger partial charge in [-0.1, -0.05) is 44.2 Å². The highest BCUT2D eigenvalue weighted by molar-refractivity contribution is 6.09. The molecule has 2 nitrogen and oxygen atoms in total. The third-order valence-corrected chi connectivity index (χ3v) is 6.02. The van der Waals surface area contributed by atoms with Gasteiger partial charge in [-0.05, 0) is 51.2 Å². The average molecular weight is 321 g/mol. The van der Waals surface area contributed by atoms with Gasteiger partial charge < -0.3 is 9.32 Å². The molecule has 1 aliphatic heterocycles. The van der Waals surface area contributed by atoms with Crippen LogP contribution in [0.3, 0.4) is 0 Å². The molecule has 126 valence electrons. The zero-order valence-corrected chi connectivity index (χ0v) is 15.6. The summed E-state index contributed by atoms with van der Waals surface area (Å²) in [5.41, 5.74) is 4.97. The highest BCUT2D eigenvalue weighted by Gasteiger charge is 2.49. The summed E-state index contributed by atoms with van der Waals surface area (Å²) in [5, 5.41) is 2.43. The number of para-hydroxylation sites is 1. The molecular formula is C22H27NO. The summed E-state index contributed by atoms with van der Waals surface area (Å²) in [6.45, 7) is 14.0. The second kappa shape index (κ2) is 4.78. The Kier molecular flexibility index (Phi) is 3.10. The first-order valence-electron chi connectivity index (χ1n) is 8.92. The highest BCUT2D eigenvalue weighted by Crippen LogP contribution is 2.51. The van der Waals surface area contributed by atoms with Gasteiger partial charge in [-0.15, -0.1) is 0 Å². The molecule has 1 unspecified atom stereocenters. The summed E-state index contributed by atoms with van der Waals surface area (Å²) >= 11 is 0. The Bertz CT molecular complexity index is 932. The van der Waals surface area contributed by atoms with Crippen LogP contribution in [0.25, 0.3) is 21.9 Å². The molecule has 24 heavy (non-hydrogen) atoms. The molecule has 1 fully saturated rings. The van der Waals surface area contributed by atoms with E-state index in [0.29, 0.717) is 6.04 Å². The topological polar surface area (TPSA) is 16.4 Å². The van der Waals surface area contributed by atoms with E-state index in [1.807, 2.05) is 6.07 Å². The largest absolute Gasteiger partial charge is 0.454 e. The van der Waals surface area contributed by atoms with E-state index in [9.17, 15) is 0 Å². The number of furan rings is 1. The van der Waals surface area contributed by atoms with Gasteiger partial charge in [0.05, 0.1) is 5.69 Å². The molecule has 2 heterocycles. The molecule has 2 aromatic carbocycles. The number of aryl methyl sites for hydroxylation is 1. The molecule has 1 aliphatic rings. The smallest absolute Gasteiger partial charge is 0.158 e. The predicted octanol–water partition coefficient (Wildman–Crippen LogP) is 6.30. The molecule has 0 saturated carbocycles. The Hall–Kier alpha value is -1.96. The van der Waals surface area contributed by atoms with E-state index in [-0.39, 0.29) is 11.0 Å². The molecule has 4 rings (SSSR count). The van der Waals surface area contributed by atoms with Crippen LogP contribution in [-0.2, 0) is 0 Å². The highest BCUT2D eigenvalue weighted by atomic mass is 16.3. The van der Waals surface area contributed by atoms with Crippen molar-refractivity contribution in [1.29, 1.82) is 0 Å². The Morgan fingerprint density at radius 2 is 1.71 bits per heavy atom. The Morgan fingerprint density at radius 1 is 1.00 bits per heavy atom. The SMILES string of the molecule is Cc1ccc2c(oc3ccccc32)c1N1C(C)C(C)(C)CC1(C)C. The summed E-state index contributed by atoms with van der Waals surface area (Å²) < 4.78 is 6.34. The van der Waals surface area contributed by atoms with Crippen LogP contribution in [0.4, 0.5) is 5.69 Å². The van der Waals surface area contributed by atoms with E-state index >= 15 is 0 Å². The van der Waals surface area contributed by atoms with E-state index in [1.165, 1.54) is 28.4 Å². The van der Waals surface area contributed by atoms with Crippen molar-refractivity contribution < 1.29 is 4.42 Å². The number of fused-ring (bicyclic) bond motifs is 3. The summed E-state index contributed by atoms with van der Waals surface area (Å²) in [5.74, 6) is 0. The fourth-order valence-corrected chi connectivity index (χ4v) is 4.89. The number of hydrogen-bond acceptors (Lipinski definition) is 2. The number of nitrogens with zero attached hydrogens (tertiary/aromatic N) is 1. The predicted molar refractivity (Wildman–Crippen MR) is 103 cm³/mol. The number of rotatable bonds is 1. The van der Waals surface area contributed by atoms with Gasteiger partial charge in [-0.3, -0.25) is 0 Å². The Labute approximate surface area is 144 Å². The lowest BCUT2D eigenvalue weighted by molar-refractivity contribution is 0.329. The van der Waals surface area contributed by atoms with Crippen molar-refractivity contribution in [2.45, 2.75) is 59.5 Å². The standard InChI is InChI=1S/C22H27NO/c1-14-11-12-17-16-9-7-8-10-18(16)24-20(17)19(14)23-15(2)21(3,4)13-22(23,5)6/h7-12,15H,13H2,1-6H3. The summed E-state index contributed by atoms with van der Waals surface area (Å²) in [6, 6.07) is 13.3. The van der Waals surface area contributed by atoms with Crippen LogP contribution in [0, 0.1) is 12.3 Å². The van der Waals surface area contributed by atoms with Crippen molar-refractivity contribution in [3.05, 3.63) is 42.0 Å². The van der Waals surface area contributed by atoms with Gasteiger partial charge in [0.15, 0.2) is 5.58 Å². The summed E-state index contributed by atoms with van der Waals surface area (Å²) in [4.78, 5) is 2.60. The maximum absolute atomic E-state index is 6.34. The fourth-order valence-electron chi connectivity index (χ4n) is 4.89. The molecule has 0 radical (unpaired) electrons. The normalized spacial score (nSPS) is 22.6. The van der Waals surface area contributed by atoms with Gasteiger partial charge in [0.1, 0.15) is 5.58 Å². The first kappa shape index (κ1) is 15.6. The van der Waals surface area contributed by atoms with Gasteiger partial charge in [0.25, 0.3) is 0 Å². The van der Waals surface area contributed by atoms with Crippen LogP contribution in [0.15, 0.2) is 40.8 Å². The van der Waals surface area contributed by atoms with Gasteiger partial charge in [0, 0.05) is 22.4 Å². The minimum absolute atomic E-state index is 0.112. The molecule has 1 aromatic heterocycles. The van der Waals surface area contributed by atoms with Gasteiger partial charge in [-0.2, -0.15) is 0 Å². The van der Waals surface area contributed by atoms with Gasteiger partial charge in [0.2, 0.25) is 0 Å². The van der Waals surface area contributed by atoms with Crippen LogP contribution >= 0.6 is 0 Å². The first-order valence-corrected chi connectivity index (χ1v) is 8.92. The monoisotopic (exact) mass is 321 g/mol. The van der Waals surface area contributed by atoms with Crippen LogP contribution in [0.1, 0.15) is 46.6 Å². The number of benzene rings is 2. The Balaban J connectivity index is 2.04. The van der Waals surface area contributed by atoms with Crippen molar-refractivity contribution in [2.75, 3.05) is 4.90 Å². The van der Waals surface area contributed by atoms with Crippen molar-refractivity contribution in [3.8, 4) is 0 Å². The zero-order chi connectivity index (χ0) is 17.3. The van der Waals surface area contributed by atoms with E-state index < -0.39 is 0 Å². The van der Waals surface area contributed by atoms with Crippen molar-refractivity contribution >= 4 is 27.6 Å². The summed E-state index contributed by atoms with van der Waals surface area (Å²) in [7, 11) is 0. The molecule has 0 bridgehead atoms. The summed E-state index contributed by atoms with van der Waals surface area (Å²) in [6.07, 6.45) is 1.18. The number of hydrogen-bond donors (Lipinski definition) is 0. The lowest BCUT2D eigenvalue weighted by Crippen LogP contribution is -2.43. The van der Waals surface area contributed by atoms with Crippen LogP contribution in [0.5, 0.6) is 0 Å². The molecule has 1 saturated heterocycles. The second-order valence-electron chi connectivity index (χ2n) is 8.73. The quantitative estimate of drug-likeness (QED) is 0.523. The molecule has 0 spiro atoms. The molecule has 0 aliphatic carbocycles. The van der Waals surface area contributed by atoms with E-state index in [0.717, 1.165) is 11.2 Å². The maximum Gasteiger partial charge on any atom is 0.158 e. The first-order chi connectivity index (χ1) is 11.2. The molecule has 0 amide bonds. The molecule has 3 aromatic rings. The van der Waals surface area contributed by atoms with Crippen LogP contribution < -0.4 is 4.90 Å². The lowest BCUT2D eigenvalue weighted by atomic mass is 9.82. The number of anilines is 1. The molecule has 0 N–H and O–H groups in total. The van der Waals surface area contributed by atoms with Crippen molar-refractivity contribution in [2.24, 2.45) is 5.41 Å². The third-order valence-electron chi connectivity index (χ3n) is 6.02. The Morgan fingerprint density at radius 3 is 2.38 bits per heavy atom. The minimum atomic E-state index is 0.112. The van der Waals surface area contributed by atoms with Gasteiger partial charge in [-0.25, -0.2) is 0 Å². The average Bonchev–Trinajstić information content (AvgIpc) is 2.93. The maximum atomic E-state index is 6.34. The van der Waals surface area contributed by atoms with E-state index in [2.05, 4.69) is 76.8 Å². The molecular weight excluding hydrogens is 294 g/mol. The lowest BCUT2D eigenvalue weighted by Gasteiger charge is -2.38. The fraction of sp³-hybridized carbons (Fsp3) is 0.455.